The topological polar surface area (TPSA) is 24.9 Å². The summed E-state index contributed by atoms with van der Waals surface area (Å²) in [5, 5.41) is 6.27. The van der Waals surface area contributed by atoms with Crippen molar-refractivity contribution in [3.05, 3.63) is 78.1 Å². The van der Waals surface area contributed by atoms with Gasteiger partial charge >= 0.3 is 0 Å². The molecule has 0 bridgehead atoms. The van der Waals surface area contributed by atoms with Crippen LogP contribution in [0.15, 0.2) is 67.0 Å². The molecule has 1 aromatic heterocycles. The van der Waals surface area contributed by atoms with Crippen LogP contribution in [0.5, 0.6) is 0 Å². The van der Waals surface area contributed by atoms with Gasteiger partial charge in [-0.1, -0.05) is 48.5 Å². The normalized spacial score (nSPS) is 14.0. The van der Waals surface area contributed by atoms with Crippen LogP contribution in [0.1, 0.15) is 37.1 Å². The van der Waals surface area contributed by atoms with Gasteiger partial charge in [0.05, 0.1) is 0 Å². The van der Waals surface area contributed by atoms with E-state index in [4.69, 9.17) is 0 Å². The van der Waals surface area contributed by atoms with Crippen LogP contribution in [-0.2, 0) is 0 Å². The van der Waals surface area contributed by atoms with Gasteiger partial charge in [-0.25, -0.2) is 0 Å². The van der Waals surface area contributed by atoms with Crippen molar-refractivity contribution in [2.45, 2.75) is 25.9 Å². The summed E-state index contributed by atoms with van der Waals surface area (Å²) in [6.45, 7) is 4.40. The predicted molar refractivity (Wildman–Crippen MR) is 88.2 cm³/mol. The molecule has 2 aromatic carbocycles. The molecule has 0 spiro atoms. The highest BCUT2D eigenvalue weighted by Crippen LogP contribution is 2.26. The molecule has 0 aliphatic carbocycles. The molecule has 0 aliphatic heterocycles. The van der Waals surface area contributed by atoms with Crippen LogP contribution in [0.25, 0.3) is 10.8 Å². The highest BCUT2D eigenvalue weighted by atomic mass is 14.9. The quantitative estimate of drug-likeness (QED) is 0.750. The Labute approximate surface area is 125 Å². The van der Waals surface area contributed by atoms with Crippen LogP contribution in [0.2, 0.25) is 0 Å². The van der Waals surface area contributed by atoms with Gasteiger partial charge in [0.2, 0.25) is 0 Å². The molecule has 0 aliphatic rings. The number of aromatic nitrogens is 1. The first-order valence-corrected chi connectivity index (χ1v) is 7.39. The van der Waals surface area contributed by atoms with Gasteiger partial charge in [0.25, 0.3) is 0 Å². The Kier molecular flexibility index (Phi) is 3.98. The molecule has 0 fully saturated rings. The van der Waals surface area contributed by atoms with Crippen LogP contribution < -0.4 is 5.32 Å². The maximum atomic E-state index is 4.20. The van der Waals surface area contributed by atoms with E-state index < -0.39 is 0 Å². The first-order chi connectivity index (χ1) is 10.3. The zero-order chi connectivity index (χ0) is 14.7. The molecule has 3 aromatic rings. The number of nitrogens with zero attached hydrogens (tertiary/aromatic N) is 1. The van der Waals surface area contributed by atoms with E-state index in [-0.39, 0.29) is 12.1 Å². The first-order valence-electron chi connectivity index (χ1n) is 7.39. The van der Waals surface area contributed by atoms with E-state index in [1.165, 1.54) is 21.9 Å². The van der Waals surface area contributed by atoms with Crippen molar-refractivity contribution in [2.24, 2.45) is 0 Å². The van der Waals surface area contributed by atoms with Gasteiger partial charge in [-0.3, -0.25) is 4.98 Å². The Morgan fingerprint density at radius 3 is 2.48 bits per heavy atom. The van der Waals surface area contributed by atoms with Crippen molar-refractivity contribution in [3.63, 3.8) is 0 Å². The average molecular weight is 276 g/mol. The standard InChI is InChI=1S/C19H20N2/c1-14(17-9-6-12-20-13-17)21-15(2)18-11-5-8-16-7-3-4-10-19(16)18/h3-15,21H,1-2H3. The molecule has 0 saturated heterocycles. The van der Waals surface area contributed by atoms with E-state index in [0.717, 1.165) is 0 Å². The van der Waals surface area contributed by atoms with Crippen molar-refractivity contribution in [2.75, 3.05) is 0 Å². The lowest BCUT2D eigenvalue weighted by Gasteiger charge is -2.21. The lowest BCUT2D eigenvalue weighted by molar-refractivity contribution is 0.496. The molecule has 2 nitrogen and oxygen atoms in total. The van der Waals surface area contributed by atoms with Crippen molar-refractivity contribution < 1.29 is 0 Å². The third-order valence-corrected chi connectivity index (χ3v) is 3.97. The second kappa shape index (κ2) is 6.06. The number of nitrogens with one attached hydrogen (secondary N) is 1. The molecule has 0 saturated carbocycles. The number of fused-ring (bicyclic) bond motifs is 1. The highest BCUT2D eigenvalue weighted by Gasteiger charge is 2.13. The molecule has 1 N–H and O–H groups in total. The molecule has 2 unspecified atom stereocenters. The summed E-state index contributed by atoms with van der Waals surface area (Å²) in [5.41, 5.74) is 2.55. The lowest BCUT2D eigenvalue weighted by atomic mass is 9.98. The summed E-state index contributed by atoms with van der Waals surface area (Å²) in [4.78, 5) is 4.20. The van der Waals surface area contributed by atoms with E-state index in [1.54, 1.807) is 0 Å². The molecule has 106 valence electrons. The Bertz CT molecular complexity index is 716. The first kappa shape index (κ1) is 13.8. The van der Waals surface area contributed by atoms with Crippen molar-refractivity contribution >= 4 is 10.8 Å². The van der Waals surface area contributed by atoms with Gasteiger partial charge in [0.15, 0.2) is 0 Å². The largest absolute Gasteiger partial charge is 0.304 e. The van der Waals surface area contributed by atoms with E-state index in [0.29, 0.717) is 0 Å². The Hall–Kier alpha value is -2.19. The predicted octanol–water partition coefficient (Wildman–Crippen LogP) is 4.65. The van der Waals surface area contributed by atoms with Gasteiger partial charge in [0, 0.05) is 24.5 Å². The molecule has 2 atom stereocenters. The molecular weight excluding hydrogens is 256 g/mol. The highest BCUT2D eigenvalue weighted by molar-refractivity contribution is 5.86. The van der Waals surface area contributed by atoms with Crippen molar-refractivity contribution in [3.8, 4) is 0 Å². The van der Waals surface area contributed by atoms with Gasteiger partial charge in [-0.05, 0) is 41.8 Å². The van der Waals surface area contributed by atoms with E-state index in [1.807, 2.05) is 18.5 Å². The second-order valence-electron chi connectivity index (χ2n) is 5.46. The minimum Gasteiger partial charge on any atom is -0.304 e. The van der Waals surface area contributed by atoms with Crippen LogP contribution in [0, 0.1) is 0 Å². The fraction of sp³-hybridized carbons (Fsp3) is 0.211. The van der Waals surface area contributed by atoms with Crippen molar-refractivity contribution in [1.82, 2.24) is 10.3 Å². The Morgan fingerprint density at radius 1 is 0.857 bits per heavy atom. The molecule has 2 heteroatoms. The minimum atomic E-state index is 0.271. The third-order valence-electron chi connectivity index (χ3n) is 3.97. The van der Waals surface area contributed by atoms with E-state index in [9.17, 15) is 0 Å². The smallest absolute Gasteiger partial charge is 0.0315 e. The number of benzene rings is 2. The third kappa shape index (κ3) is 2.96. The molecule has 21 heavy (non-hydrogen) atoms. The lowest BCUT2D eigenvalue weighted by Crippen LogP contribution is -2.22. The Balaban J connectivity index is 1.86. The van der Waals surface area contributed by atoms with Crippen LogP contribution in [-0.4, -0.2) is 4.98 Å². The number of rotatable bonds is 4. The van der Waals surface area contributed by atoms with Crippen LogP contribution in [0.4, 0.5) is 0 Å². The summed E-state index contributed by atoms with van der Waals surface area (Å²) in [6.07, 6.45) is 3.73. The molecule has 1 heterocycles. The average Bonchev–Trinajstić information content (AvgIpc) is 2.55. The number of hydrogen-bond acceptors (Lipinski definition) is 2. The second-order valence-corrected chi connectivity index (χ2v) is 5.46. The van der Waals surface area contributed by atoms with Crippen LogP contribution >= 0.6 is 0 Å². The summed E-state index contributed by atoms with van der Waals surface area (Å²) in [7, 11) is 0. The van der Waals surface area contributed by atoms with E-state index >= 15 is 0 Å². The monoisotopic (exact) mass is 276 g/mol. The van der Waals surface area contributed by atoms with Gasteiger partial charge in [-0.15, -0.1) is 0 Å². The molecule has 3 rings (SSSR count). The Morgan fingerprint density at radius 2 is 1.67 bits per heavy atom. The zero-order valence-electron chi connectivity index (χ0n) is 12.5. The number of pyridine rings is 1. The van der Waals surface area contributed by atoms with E-state index in [2.05, 4.69) is 72.7 Å². The van der Waals surface area contributed by atoms with Crippen LogP contribution in [0.3, 0.4) is 0 Å². The fourth-order valence-corrected chi connectivity index (χ4v) is 2.82. The molecule has 0 radical (unpaired) electrons. The minimum absolute atomic E-state index is 0.271. The maximum absolute atomic E-state index is 4.20. The maximum Gasteiger partial charge on any atom is 0.0315 e. The SMILES string of the molecule is CC(NC(C)c1cccc2ccccc12)c1cccnc1. The summed E-state index contributed by atoms with van der Waals surface area (Å²) in [6, 6.07) is 19.7. The summed E-state index contributed by atoms with van der Waals surface area (Å²) < 4.78 is 0. The zero-order valence-corrected chi connectivity index (χ0v) is 12.5. The molecule has 0 amide bonds. The van der Waals surface area contributed by atoms with Gasteiger partial charge in [-0.2, -0.15) is 0 Å². The van der Waals surface area contributed by atoms with Gasteiger partial charge < -0.3 is 5.32 Å². The number of hydrogen-bond donors (Lipinski definition) is 1. The van der Waals surface area contributed by atoms with Gasteiger partial charge in [0.1, 0.15) is 0 Å². The molecular formula is C19H20N2. The van der Waals surface area contributed by atoms with Crippen molar-refractivity contribution in [1.29, 1.82) is 0 Å². The summed E-state index contributed by atoms with van der Waals surface area (Å²) >= 11 is 0. The summed E-state index contributed by atoms with van der Waals surface area (Å²) in [5.74, 6) is 0. The fourth-order valence-electron chi connectivity index (χ4n) is 2.82.